The second kappa shape index (κ2) is 7.97. The molecule has 0 bridgehead atoms. The molecule has 0 spiro atoms. The number of aliphatic hydroxyl groups is 1. The van der Waals surface area contributed by atoms with E-state index in [0.29, 0.717) is 0 Å². The topological polar surface area (TPSA) is 20.2 Å². The van der Waals surface area contributed by atoms with Crippen LogP contribution in [0.25, 0.3) is 11.1 Å². The number of hydrogen-bond donors (Lipinski definition) is 1. The summed E-state index contributed by atoms with van der Waals surface area (Å²) in [6.07, 6.45) is 0. The summed E-state index contributed by atoms with van der Waals surface area (Å²) >= 11 is 0. The van der Waals surface area contributed by atoms with E-state index in [9.17, 15) is 5.11 Å². The number of allylic oxidation sites excluding steroid dienone is 1. The summed E-state index contributed by atoms with van der Waals surface area (Å²) in [5, 5.41) is 9.19. The van der Waals surface area contributed by atoms with Gasteiger partial charge in [0, 0.05) is 11.1 Å². The normalized spacial score (nSPS) is 9.71. The van der Waals surface area contributed by atoms with E-state index in [0.717, 1.165) is 27.8 Å². The van der Waals surface area contributed by atoms with Gasteiger partial charge in [0.05, 0.1) is 0 Å². The molecular weight excluding hydrogens is 292 g/mol. The summed E-state index contributed by atoms with van der Waals surface area (Å²) in [5.41, 5.74) is 5.25. The van der Waals surface area contributed by atoms with Crippen LogP contribution >= 0.6 is 0 Å². The second-order valence-electron chi connectivity index (χ2n) is 5.31. The highest BCUT2D eigenvalue weighted by molar-refractivity contribution is 6.04. The fourth-order valence-electron chi connectivity index (χ4n) is 2.68. The predicted octanol–water partition coefficient (Wildman–Crippen LogP) is 4.64. The molecule has 0 unspecified atom stereocenters. The molecule has 0 amide bonds. The SMILES string of the molecule is OCC#CC(=C(c1ccccc1)c1ccccc1)c1ccccc1. The maximum absolute atomic E-state index is 9.19. The molecule has 0 aliphatic heterocycles. The molecular formula is C23H18O. The van der Waals surface area contributed by atoms with Crippen LogP contribution in [0.3, 0.4) is 0 Å². The third-order valence-electron chi connectivity index (χ3n) is 3.73. The molecule has 3 aromatic rings. The van der Waals surface area contributed by atoms with Crippen LogP contribution in [0.2, 0.25) is 0 Å². The van der Waals surface area contributed by atoms with Gasteiger partial charge in [-0.2, -0.15) is 0 Å². The average Bonchev–Trinajstić information content (AvgIpc) is 2.67. The molecule has 3 aromatic carbocycles. The van der Waals surface area contributed by atoms with Crippen LogP contribution in [0.15, 0.2) is 91.0 Å². The zero-order valence-corrected chi connectivity index (χ0v) is 13.3. The lowest BCUT2D eigenvalue weighted by atomic mass is 9.90. The van der Waals surface area contributed by atoms with Gasteiger partial charge in [-0.1, -0.05) is 103 Å². The first-order valence-corrected chi connectivity index (χ1v) is 7.90. The van der Waals surface area contributed by atoms with Crippen LogP contribution in [0, 0.1) is 11.8 Å². The Bertz CT molecular complexity index is 825. The van der Waals surface area contributed by atoms with Gasteiger partial charge in [-0.05, 0) is 16.7 Å². The summed E-state index contributed by atoms with van der Waals surface area (Å²) in [6, 6.07) is 30.6. The van der Waals surface area contributed by atoms with Crippen molar-refractivity contribution in [3.8, 4) is 11.8 Å². The fourth-order valence-corrected chi connectivity index (χ4v) is 2.68. The van der Waals surface area contributed by atoms with Gasteiger partial charge in [0.25, 0.3) is 0 Å². The Kier molecular flexibility index (Phi) is 5.24. The molecule has 1 heteroatoms. The van der Waals surface area contributed by atoms with Crippen molar-refractivity contribution >= 4 is 11.1 Å². The summed E-state index contributed by atoms with van der Waals surface area (Å²) in [4.78, 5) is 0. The zero-order valence-electron chi connectivity index (χ0n) is 13.3. The molecule has 0 aliphatic carbocycles. The predicted molar refractivity (Wildman–Crippen MR) is 100 cm³/mol. The molecule has 3 rings (SSSR count). The zero-order chi connectivity index (χ0) is 16.6. The molecule has 0 aliphatic rings. The van der Waals surface area contributed by atoms with Crippen molar-refractivity contribution in [2.45, 2.75) is 0 Å². The smallest absolute Gasteiger partial charge is 0.104 e. The molecule has 116 valence electrons. The summed E-state index contributed by atoms with van der Waals surface area (Å²) in [7, 11) is 0. The standard InChI is InChI=1S/C23H18O/c24-18-10-17-22(19-11-4-1-5-12-19)23(20-13-6-2-7-14-20)21-15-8-3-9-16-21/h1-9,11-16,24H,18H2. The molecule has 0 radical (unpaired) electrons. The Hall–Kier alpha value is -3.08. The maximum Gasteiger partial charge on any atom is 0.104 e. The Morgan fingerprint density at radius 3 is 1.46 bits per heavy atom. The van der Waals surface area contributed by atoms with Gasteiger partial charge >= 0.3 is 0 Å². The van der Waals surface area contributed by atoms with Gasteiger partial charge in [-0.15, -0.1) is 0 Å². The van der Waals surface area contributed by atoms with Crippen molar-refractivity contribution in [1.29, 1.82) is 0 Å². The van der Waals surface area contributed by atoms with Gasteiger partial charge in [0.15, 0.2) is 0 Å². The van der Waals surface area contributed by atoms with Crippen molar-refractivity contribution < 1.29 is 5.11 Å². The van der Waals surface area contributed by atoms with Gasteiger partial charge in [-0.3, -0.25) is 0 Å². The van der Waals surface area contributed by atoms with Crippen LogP contribution in [-0.2, 0) is 0 Å². The first-order chi connectivity index (χ1) is 11.9. The van der Waals surface area contributed by atoms with E-state index in [1.807, 2.05) is 66.7 Å². The number of hydrogen-bond acceptors (Lipinski definition) is 1. The molecule has 0 aromatic heterocycles. The van der Waals surface area contributed by atoms with Crippen molar-refractivity contribution in [2.24, 2.45) is 0 Å². The van der Waals surface area contributed by atoms with E-state index in [2.05, 4.69) is 36.1 Å². The lowest BCUT2D eigenvalue weighted by Gasteiger charge is -2.13. The first-order valence-electron chi connectivity index (χ1n) is 7.90. The molecule has 24 heavy (non-hydrogen) atoms. The highest BCUT2D eigenvalue weighted by Gasteiger charge is 2.12. The molecule has 0 atom stereocenters. The lowest BCUT2D eigenvalue weighted by molar-refractivity contribution is 0.350. The third kappa shape index (κ3) is 3.63. The largest absolute Gasteiger partial charge is 0.384 e. The maximum atomic E-state index is 9.19. The minimum atomic E-state index is -0.160. The second-order valence-corrected chi connectivity index (χ2v) is 5.31. The first kappa shape index (κ1) is 15.8. The van der Waals surface area contributed by atoms with Gasteiger partial charge < -0.3 is 5.11 Å². The van der Waals surface area contributed by atoms with E-state index in [4.69, 9.17) is 0 Å². The Morgan fingerprint density at radius 2 is 1.04 bits per heavy atom. The van der Waals surface area contributed by atoms with Crippen molar-refractivity contribution in [3.05, 3.63) is 108 Å². The van der Waals surface area contributed by atoms with Crippen LogP contribution in [0.4, 0.5) is 0 Å². The van der Waals surface area contributed by atoms with Crippen molar-refractivity contribution in [2.75, 3.05) is 6.61 Å². The van der Waals surface area contributed by atoms with E-state index < -0.39 is 0 Å². The molecule has 0 fully saturated rings. The number of rotatable bonds is 3. The van der Waals surface area contributed by atoms with Gasteiger partial charge in [0.1, 0.15) is 6.61 Å². The summed E-state index contributed by atoms with van der Waals surface area (Å²) < 4.78 is 0. The lowest BCUT2D eigenvalue weighted by Crippen LogP contribution is -1.94. The van der Waals surface area contributed by atoms with E-state index in [1.54, 1.807) is 0 Å². The van der Waals surface area contributed by atoms with Gasteiger partial charge in [-0.25, -0.2) is 0 Å². The number of benzene rings is 3. The molecule has 0 heterocycles. The fraction of sp³-hybridized carbons (Fsp3) is 0.0435. The minimum Gasteiger partial charge on any atom is -0.384 e. The molecule has 1 nitrogen and oxygen atoms in total. The Labute approximate surface area is 142 Å². The minimum absolute atomic E-state index is 0.160. The molecule has 1 N–H and O–H groups in total. The highest BCUT2D eigenvalue weighted by Crippen LogP contribution is 2.31. The van der Waals surface area contributed by atoms with Crippen LogP contribution in [0.5, 0.6) is 0 Å². The van der Waals surface area contributed by atoms with E-state index >= 15 is 0 Å². The van der Waals surface area contributed by atoms with Crippen LogP contribution in [-0.4, -0.2) is 11.7 Å². The monoisotopic (exact) mass is 310 g/mol. The summed E-state index contributed by atoms with van der Waals surface area (Å²) in [6.45, 7) is -0.160. The van der Waals surface area contributed by atoms with Crippen molar-refractivity contribution in [3.63, 3.8) is 0 Å². The third-order valence-corrected chi connectivity index (χ3v) is 3.73. The van der Waals surface area contributed by atoms with Crippen molar-refractivity contribution in [1.82, 2.24) is 0 Å². The van der Waals surface area contributed by atoms with E-state index in [1.165, 1.54) is 0 Å². The quantitative estimate of drug-likeness (QED) is 0.552. The summed E-state index contributed by atoms with van der Waals surface area (Å²) in [5.74, 6) is 5.98. The van der Waals surface area contributed by atoms with Gasteiger partial charge in [0.2, 0.25) is 0 Å². The Morgan fingerprint density at radius 1 is 0.625 bits per heavy atom. The average molecular weight is 310 g/mol. The number of aliphatic hydroxyl groups excluding tert-OH is 1. The van der Waals surface area contributed by atoms with E-state index in [-0.39, 0.29) is 6.61 Å². The van der Waals surface area contributed by atoms with Crippen LogP contribution < -0.4 is 0 Å². The molecule has 0 saturated carbocycles. The highest BCUT2D eigenvalue weighted by atomic mass is 16.2. The molecule has 0 saturated heterocycles. The Balaban J connectivity index is 2.32. The van der Waals surface area contributed by atoms with Crippen LogP contribution in [0.1, 0.15) is 16.7 Å².